The van der Waals surface area contributed by atoms with Crippen LogP contribution in [0.3, 0.4) is 0 Å². The average molecular weight is 194 g/mol. The minimum Gasteiger partial charge on any atom is -0.339 e. The van der Waals surface area contributed by atoms with Crippen LogP contribution in [0.25, 0.3) is 0 Å². The van der Waals surface area contributed by atoms with E-state index < -0.39 is 0 Å². The summed E-state index contributed by atoms with van der Waals surface area (Å²) in [5.41, 5.74) is 0. The maximum absolute atomic E-state index is 11.8. The van der Waals surface area contributed by atoms with E-state index >= 15 is 0 Å². The lowest BCUT2D eigenvalue weighted by molar-refractivity contribution is -0.142. The van der Waals surface area contributed by atoms with Gasteiger partial charge in [-0.3, -0.25) is 4.79 Å². The van der Waals surface area contributed by atoms with Crippen molar-refractivity contribution in [2.24, 2.45) is 11.8 Å². The third kappa shape index (κ3) is 1.26. The van der Waals surface area contributed by atoms with Gasteiger partial charge in [0.25, 0.3) is 0 Å². The van der Waals surface area contributed by atoms with E-state index in [1.54, 1.807) is 0 Å². The maximum atomic E-state index is 11.8. The molecular formula is C11H18N2O. The molecule has 3 fully saturated rings. The molecule has 0 spiro atoms. The van der Waals surface area contributed by atoms with Crippen LogP contribution < -0.4 is 5.32 Å². The Morgan fingerprint density at radius 1 is 1.36 bits per heavy atom. The number of fused-ring (bicyclic) bond motifs is 4. The molecule has 0 saturated carbocycles. The van der Waals surface area contributed by atoms with Crippen LogP contribution >= 0.6 is 0 Å². The molecule has 3 heteroatoms. The Morgan fingerprint density at radius 3 is 3.21 bits per heavy atom. The topological polar surface area (TPSA) is 32.3 Å². The number of piperidine rings is 3. The standard InChI is InChI=1S/C11H18N2O/c14-11-3-1-2-10-9-4-8(5-12-6-9)7-13(10)11/h8-10,12H,1-7H2/t8-,9+,10-/m1/s1. The summed E-state index contributed by atoms with van der Waals surface area (Å²) < 4.78 is 0. The Morgan fingerprint density at radius 2 is 2.29 bits per heavy atom. The fourth-order valence-corrected chi connectivity index (χ4v) is 3.45. The number of rotatable bonds is 0. The molecule has 0 aromatic heterocycles. The Hall–Kier alpha value is -0.570. The van der Waals surface area contributed by atoms with E-state index in [9.17, 15) is 4.79 Å². The number of carbonyl (C=O) groups excluding carboxylic acids is 1. The molecule has 0 aromatic carbocycles. The van der Waals surface area contributed by atoms with Crippen LogP contribution in [0.5, 0.6) is 0 Å². The molecule has 3 rings (SSSR count). The van der Waals surface area contributed by atoms with Crippen molar-refractivity contribution in [2.75, 3.05) is 19.6 Å². The van der Waals surface area contributed by atoms with E-state index in [1.165, 1.54) is 12.8 Å². The van der Waals surface area contributed by atoms with E-state index in [4.69, 9.17) is 0 Å². The normalized spacial score (nSPS) is 42.1. The number of nitrogens with one attached hydrogen (secondary N) is 1. The number of amides is 1. The van der Waals surface area contributed by atoms with E-state index in [0.29, 0.717) is 11.9 Å². The molecule has 1 N–H and O–H groups in total. The van der Waals surface area contributed by atoms with E-state index in [0.717, 1.165) is 44.3 Å². The van der Waals surface area contributed by atoms with Gasteiger partial charge in [-0.1, -0.05) is 0 Å². The molecule has 78 valence electrons. The summed E-state index contributed by atoms with van der Waals surface area (Å²) in [5, 5.41) is 3.50. The quantitative estimate of drug-likeness (QED) is 0.612. The second-order valence-electron chi connectivity index (χ2n) is 5.03. The number of carbonyl (C=O) groups is 1. The van der Waals surface area contributed by atoms with Crippen molar-refractivity contribution in [3.05, 3.63) is 0 Å². The van der Waals surface area contributed by atoms with E-state index in [2.05, 4.69) is 10.2 Å². The zero-order chi connectivity index (χ0) is 9.54. The van der Waals surface area contributed by atoms with Crippen LogP contribution in [0.15, 0.2) is 0 Å². The van der Waals surface area contributed by atoms with Crippen LogP contribution in [-0.2, 0) is 4.79 Å². The van der Waals surface area contributed by atoms with Crippen molar-refractivity contribution in [1.29, 1.82) is 0 Å². The predicted molar refractivity (Wildman–Crippen MR) is 53.8 cm³/mol. The molecule has 3 saturated heterocycles. The summed E-state index contributed by atoms with van der Waals surface area (Å²) in [4.78, 5) is 13.9. The van der Waals surface area contributed by atoms with Crippen molar-refractivity contribution in [3.63, 3.8) is 0 Å². The minimum atomic E-state index is 0.415. The molecule has 1 amide bonds. The molecule has 3 aliphatic rings. The molecule has 3 nitrogen and oxygen atoms in total. The van der Waals surface area contributed by atoms with Gasteiger partial charge in [0.1, 0.15) is 0 Å². The lowest BCUT2D eigenvalue weighted by atomic mass is 9.77. The van der Waals surface area contributed by atoms with Crippen molar-refractivity contribution in [3.8, 4) is 0 Å². The van der Waals surface area contributed by atoms with Crippen molar-refractivity contribution in [1.82, 2.24) is 10.2 Å². The Kier molecular flexibility index (Phi) is 2.01. The SMILES string of the molecule is O=C1CCC[C@@H]2[C@@H]3CNC[C@@H](C3)CN12. The van der Waals surface area contributed by atoms with Crippen LogP contribution in [-0.4, -0.2) is 36.5 Å². The van der Waals surface area contributed by atoms with E-state index in [-0.39, 0.29) is 0 Å². The fraction of sp³-hybridized carbons (Fsp3) is 0.909. The summed E-state index contributed by atoms with van der Waals surface area (Å²) in [6.07, 6.45) is 4.50. The highest BCUT2D eigenvalue weighted by atomic mass is 16.2. The van der Waals surface area contributed by atoms with Gasteiger partial charge in [0.15, 0.2) is 0 Å². The summed E-state index contributed by atoms with van der Waals surface area (Å²) >= 11 is 0. The molecule has 2 bridgehead atoms. The molecular weight excluding hydrogens is 176 g/mol. The third-order valence-corrected chi connectivity index (χ3v) is 4.09. The summed E-state index contributed by atoms with van der Waals surface area (Å²) in [6, 6.07) is 0.570. The first-order valence-electron chi connectivity index (χ1n) is 5.85. The lowest BCUT2D eigenvalue weighted by Gasteiger charge is -2.49. The van der Waals surface area contributed by atoms with Gasteiger partial charge in [-0.2, -0.15) is 0 Å². The first-order chi connectivity index (χ1) is 6.84. The Balaban J connectivity index is 1.83. The summed E-state index contributed by atoms with van der Waals surface area (Å²) in [6.45, 7) is 3.27. The number of hydrogen-bond acceptors (Lipinski definition) is 2. The van der Waals surface area contributed by atoms with Gasteiger partial charge in [-0.15, -0.1) is 0 Å². The highest BCUT2D eigenvalue weighted by Gasteiger charge is 2.41. The Bertz CT molecular complexity index is 254. The first kappa shape index (κ1) is 8.72. The van der Waals surface area contributed by atoms with Gasteiger partial charge >= 0.3 is 0 Å². The summed E-state index contributed by atoms with van der Waals surface area (Å²) in [7, 11) is 0. The van der Waals surface area contributed by atoms with Crippen LogP contribution in [0.2, 0.25) is 0 Å². The summed E-state index contributed by atoms with van der Waals surface area (Å²) in [5.74, 6) is 1.89. The first-order valence-corrected chi connectivity index (χ1v) is 5.85. The van der Waals surface area contributed by atoms with Crippen molar-refractivity contribution >= 4 is 5.91 Å². The number of hydrogen-bond donors (Lipinski definition) is 1. The third-order valence-electron chi connectivity index (χ3n) is 4.09. The second-order valence-corrected chi connectivity index (χ2v) is 5.03. The molecule has 3 aliphatic heterocycles. The molecule has 0 radical (unpaired) electrons. The van der Waals surface area contributed by atoms with Crippen LogP contribution in [0.4, 0.5) is 0 Å². The van der Waals surface area contributed by atoms with E-state index in [1.807, 2.05) is 0 Å². The Labute approximate surface area is 84.8 Å². The van der Waals surface area contributed by atoms with Gasteiger partial charge in [-0.05, 0) is 44.2 Å². The lowest BCUT2D eigenvalue weighted by Crippen LogP contribution is -2.59. The monoisotopic (exact) mass is 194 g/mol. The molecule has 0 unspecified atom stereocenters. The van der Waals surface area contributed by atoms with Gasteiger partial charge < -0.3 is 10.2 Å². The van der Waals surface area contributed by atoms with Crippen molar-refractivity contribution in [2.45, 2.75) is 31.7 Å². The van der Waals surface area contributed by atoms with Gasteiger partial charge in [0.2, 0.25) is 5.91 Å². The smallest absolute Gasteiger partial charge is 0.222 e. The molecule has 0 aromatic rings. The largest absolute Gasteiger partial charge is 0.339 e. The minimum absolute atomic E-state index is 0.415. The highest BCUT2D eigenvalue weighted by Crippen LogP contribution is 2.35. The maximum Gasteiger partial charge on any atom is 0.222 e. The van der Waals surface area contributed by atoms with Gasteiger partial charge in [0, 0.05) is 19.0 Å². The van der Waals surface area contributed by atoms with Crippen LogP contribution in [0, 0.1) is 11.8 Å². The second kappa shape index (κ2) is 3.23. The molecule has 3 atom stereocenters. The highest BCUT2D eigenvalue weighted by molar-refractivity contribution is 5.77. The zero-order valence-electron chi connectivity index (χ0n) is 8.54. The van der Waals surface area contributed by atoms with Gasteiger partial charge in [-0.25, -0.2) is 0 Å². The fourth-order valence-electron chi connectivity index (χ4n) is 3.45. The molecule has 0 aliphatic carbocycles. The predicted octanol–water partition coefficient (Wildman–Crippen LogP) is 0.607. The average Bonchev–Trinajstić information content (AvgIpc) is 2.20. The molecule has 3 heterocycles. The number of nitrogens with zero attached hydrogens (tertiary/aromatic N) is 1. The van der Waals surface area contributed by atoms with Crippen molar-refractivity contribution < 1.29 is 4.79 Å². The van der Waals surface area contributed by atoms with Gasteiger partial charge in [0.05, 0.1) is 0 Å². The zero-order valence-corrected chi connectivity index (χ0v) is 8.54. The molecule has 14 heavy (non-hydrogen) atoms. The van der Waals surface area contributed by atoms with Crippen LogP contribution in [0.1, 0.15) is 25.7 Å².